The van der Waals surface area contributed by atoms with Gasteiger partial charge in [-0.2, -0.15) is 0 Å². The number of nitrogens with one attached hydrogen (secondary N) is 1. The van der Waals surface area contributed by atoms with Gasteiger partial charge in [-0.25, -0.2) is 4.98 Å². The van der Waals surface area contributed by atoms with E-state index in [4.69, 9.17) is 5.11 Å². The lowest BCUT2D eigenvalue weighted by atomic mass is 10.2. The van der Waals surface area contributed by atoms with Crippen LogP contribution in [0, 0.1) is 0 Å². The summed E-state index contributed by atoms with van der Waals surface area (Å²) in [6.45, 7) is 0.458. The third kappa shape index (κ3) is 2.73. The molecule has 7 heteroatoms. The van der Waals surface area contributed by atoms with Crippen LogP contribution >= 0.6 is 11.3 Å². The fraction of sp³-hybridized carbons (Fsp3) is 0.500. The molecule has 1 fully saturated rings. The molecule has 92 valence electrons. The Hall–Kier alpha value is -1.63. The molecule has 1 aromatic heterocycles. The summed E-state index contributed by atoms with van der Waals surface area (Å²) >= 11 is 1.48. The molecule has 0 bridgehead atoms. The van der Waals surface area contributed by atoms with Crippen molar-refractivity contribution in [3.8, 4) is 0 Å². The molecule has 1 unspecified atom stereocenters. The molecule has 1 aliphatic rings. The first-order chi connectivity index (χ1) is 8.18. The van der Waals surface area contributed by atoms with E-state index in [2.05, 4.69) is 10.3 Å². The van der Waals surface area contributed by atoms with Crippen molar-refractivity contribution in [2.24, 2.45) is 0 Å². The van der Waals surface area contributed by atoms with Crippen molar-refractivity contribution >= 4 is 28.3 Å². The molecule has 6 nitrogen and oxygen atoms in total. The summed E-state index contributed by atoms with van der Waals surface area (Å²) in [5.74, 6) is -1.27. The van der Waals surface area contributed by atoms with E-state index in [-0.39, 0.29) is 18.5 Å². The van der Waals surface area contributed by atoms with Gasteiger partial charge in [0.25, 0.3) is 0 Å². The SMILES string of the molecule is O=C(O)CNC(=O)C1CCCN1c1nccs1. The molecule has 0 aromatic carbocycles. The standard InChI is InChI=1S/C10H13N3O3S/c14-8(15)6-12-9(16)7-2-1-4-13(7)10-11-3-5-17-10/h3,5,7H,1-2,4,6H2,(H,12,16)(H,14,15). The molecule has 1 aromatic rings. The maximum atomic E-state index is 11.8. The van der Waals surface area contributed by atoms with Gasteiger partial charge < -0.3 is 15.3 Å². The number of thiazole rings is 1. The van der Waals surface area contributed by atoms with Crippen molar-refractivity contribution in [1.29, 1.82) is 0 Å². The molecule has 1 aliphatic heterocycles. The fourth-order valence-electron chi connectivity index (χ4n) is 1.91. The highest BCUT2D eigenvalue weighted by Gasteiger charge is 2.32. The second-order valence-corrected chi connectivity index (χ2v) is 4.65. The van der Waals surface area contributed by atoms with Crippen LogP contribution in [-0.2, 0) is 9.59 Å². The van der Waals surface area contributed by atoms with Gasteiger partial charge in [0, 0.05) is 18.1 Å². The van der Waals surface area contributed by atoms with Gasteiger partial charge >= 0.3 is 5.97 Å². The number of carboxylic acids is 1. The molecule has 0 radical (unpaired) electrons. The summed E-state index contributed by atoms with van der Waals surface area (Å²) in [6.07, 6.45) is 3.36. The highest BCUT2D eigenvalue weighted by atomic mass is 32.1. The van der Waals surface area contributed by atoms with E-state index < -0.39 is 5.97 Å². The number of aromatic nitrogens is 1. The number of hydrogen-bond donors (Lipinski definition) is 2. The first-order valence-electron chi connectivity index (χ1n) is 5.34. The number of carbonyl (C=O) groups excluding carboxylic acids is 1. The zero-order chi connectivity index (χ0) is 12.3. The maximum Gasteiger partial charge on any atom is 0.322 e. The summed E-state index contributed by atoms with van der Waals surface area (Å²) in [4.78, 5) is 28.3. The van der Waals surface area contributed by atoms with E-state index in [0.717, 1.165) is 24.5 Å². The van der Waals surface area contributed by atoms with E-state index in [1.54, 1.807) is 6.20 Å². The van der Waals surface area contributed by atoms with E-state index in [0.29, 0.717) is 0 Å². The van der Waals surface area contributed by atoms with Crippen molar-refractivity contribution < 1.29 is 14.7 Å². The lowest BCUT2D eigenvalue weighted by Crippen LogP contribution is -2.44. The molecular formula is C10H13N3O3S. The van der Waals surface area contributed by atoms with Gasteiger partial charge in [0.2, 0.25) is 5.91 Å². The van der Waals surface area contributed by atoms with E-state index in [9.17, 15) is 9.59 Å². The minimum atomic E-state index is -1.03. The quantitative estimate of drug-likeness (QED) is 0.809. The van der Waals surface area contributed by atoms with Crippen LogP contribution in [0.3, 0.4) is 0 Å². The van der Waals surface area contributed by atoms with Crippen LogP contribution in [0.15, 0.2) is 11.6 Å². The molecule has 2 N–H and O–H groups in total. The lowest BCUT2D eigenvalue weighted by molar-refractivity contribution is -0.138. The van der Waals surface area contributed by atoms with Crippen molar-refractivity contribution in [3.63, 3.8) is 0 Å². The smallest absolute Gasteiger partial charge is 0.322 e. The van der Waals surface area contributed by atoms with Crippen molar-refractivity contribution in [3.05, 3.63) is 11.6 Å². The molecule has 17 heavy (non-hydrogen) atoms. The Labute approximate surface area is 102 Å². The highest BCUT2D eigenvalue weighted by Crippen LogP contribution is 2.27. The van der Waals surface area contributed by atoms with Gasteiger partial charge in [-0.05, 0) is 12.8 Å². The molecule has 0 aliphatic carbocycles. The Morgan fingerprint density at radius 3 is 3.12 bits per heavy atom. The maximum absolute atomic E-state index is 11.8. The van der Waals surface area contributed by atoms with Gasteiger partial charge in [0.05, 0.1) is 0 Å². The Kier molecular flexibility index (Phi) is 3.58. The average Bonchev–Trinajstić information content (AvgIpc) is 2.94. The third-order valence-corrected chi connectivity index (χ3v) is 3.44. The number of aliphatic carboxylic acids is 1. The predicted molar refractivity (Wildman–Crippen MR) is 63.1 cm³/mol. The zero-order valence-electron chi connectivity index (χ0n) is 9.13. The monoisotopic (exact) mass is 255 g/mol. The number of hydrogen-bond acceptors (Lipinski definition) is 5. The molecule has 1 atom stereocenters. The van der Waals surface area contributed by atoms with Crippen LogP contribution in [0.2, 0.25) is 0 Å². The highest BCUT2D eigenvalue weighted by molar-refractivity contribution is 7.13. The Morgan fingerprint density at radius 1 is 1.65 bits per heavy atom. The average molecular weight is 255 g/mol. The van der Waals surface area contributed by atoms with Crippen LogP contribution < -0.4 is 10.2 Å². The minimum absolute atomic E-state index is 0.236. The van der Waals surface area contributed by atoms with Crippen LogP contribution in [0.1, 0.15) is 12.8 Å². The Bertz CT molecular complexity index is 407. The zero-order valence-corrected chi connectivity index (χ0v) is 9.94. The van der Waals surface area contributed by atoms with E-state index >= 15 is 0 Å². The summed E-state index contributed by atoms with van der Waals surface area (Å²) in [6, 6.07) is -0.291. The molecule has 0 saturated carbocycles. The van der Waals surface area contributed by atoms with Crippen LogP contribution in [-0.4, -0.2) is 41.1 Å². The summed E-state index contributed by atoms with van der Waals surface area (Å²) in [5.41, 5.74) is 0. The summed E-state index contributed by atoms with van der Waals surface area (Å²) < 4.78 is 0. The second kappa shape index (κ2) is 5.13. The van der Waals surface area contributed by atoms with Gasteiger partial charge in [-0.1, -0.05) is 0 Å². The number of amides is 1. The Balaban J connectivity index is 1.99. The molecule has 2 rings (SSSR count). The lowest BCUT2D eigenvalue weighted by Gasteiger charge is -2.22. The number of anilines is 1. The van der Waals surface area contributed by atoms with Gasteiger partial charge in [0.15, 0.2) is 5.13 Å². The van der Waals surface area contributed by atoms with E-state index in [1.165, 1.54) is 11.3 Å². The largest absolute Gasteiger partial charge is 0.480 e. The van der Waals surface area contributed by atoms with Crippen molar-refractivity contribution in [2.75, 3.05) is 18.0 Å². The van der Waals surface area contributed by atoms with Crippen molar-refractivity contribution in [2.45, 2.75) is 18.9 Å². The molecule has 1 amide bonds. The normalized spacial score (nSPS) is 19.3. The molecule has 2 heterocycles. The van der Waals surface area contributed by atoms with Gasteiger partial charge in [0.1, 0.15) is 12.6 Å². The van der Waals surface area contributed by atoms with Gasteiger partial charge in [-0.15, -0.1) is 11.3 Å². The second-order valence-electron chi connectivity index (χ2n) is 3.78. The minimum Gasteiger partial charge on any atom is -0.480 e. The molecule has 1 saturated heterocycles. The number of nitrogens with zero attached hydrogens (tertiary/aromatic N) is 2. The summed E-state index contributed by atoms with van der Waals surface area (Å²) in [5, 5.41) is 13.6. The topological polar surface area (TPSA) is 82.5 Å². The first kappa shape index (κ1) is 11.8. The van der Waals surface area contributed by atoms with Crippen LogP contribution in [0.25, 0.3) is 0 Å². The first-order valence-corrected chi connectivity index (χ1v) is 6.22. The Morgan fingerprint density at radius 2 is 2.47 bits per heavy atom. The molecule has 0 spiro atoms. The number of rotatable bonds is 4. The van der Waals surface area contributed by atoms with Gasteiger partial charge in [-0.3, -0.25) is 9.59 Å². The third-order valence-electron chi connectivity index (χ3n) is 2.63. The van der Waals surface area contributed by atoms with Crippen molar-refractivity contribution in [1.82, 2.24) is 10.3 Å². The van der Waals surface area contributed by atoms with Crippen LogP contribution in [0.5, 0.6) is 0 Å². The van der Waals surface area contributed by atoms with Crippen LogP contribution in [0.4, 0.5) is 5.13 Å². The fourth-order valence-corrected chi connectivity index (χ4v) is 2.63. The predicted octanol–water partition coefficient (Wildman–Crippen LogP) is 0.313. The number of carboxylic acid groups (broad SMARTS) is 1. The van der Waals surface area contributed by atoms with E-state index in [1.807, 2.05) is 10.3 Å². The summed E-state index contributed by atoms with van der Waals surface area (Å²) in [7, 11) is 0. The molecular weight excluding hydrogens is 242 g/mol. The number of carbonyl (C=O) groups is 2.